The van der Waals surface area contributed by atoms with Gasteiger partial charge in [-0.15, -0.1) is 0 Å². The van der Waals surface area contributed by atoms with Crippen molar-refractivity contribution in [2.45, 2.75) is 81.1 Å². The third-order valence-corrected chi connectivity index (χ3v) is 16.6. The van der Waals surface area contributed by atoms with Gasteiger partial charge in [0.2, 0.25) is 8.32 Å². The molecule has 2 saturated heterocycles. The Labute approximate surface area is 126 Å². The Morgan fingerprint density at radius 3 is 2.68 bits per heavy atom. The van der Waals surface area contributed by atoms with Gasteiger partial charge < -0.3 is 8.85 Å². The molecule has 0 aromatic rings. The van der Waals surface area contributed by atoms with Gasteiger partial charge in [-0.2, -0.15) is 12.6 Å². The summed E-state index contributed by atoms with van der Waals surface area (Å²) in [5.74, 6) is 0. The number of thiol groups is 1. The smallest absolute Gasteiger partial charge is 0.205 e. The van der Waals surface area contributed by atoms with Crippen molar-refractivity contribution in [3.8, 4) is 0 Å². The van der Waals surface area contributed by atoms with E-state index in [4.69, 9.17) is 21.5 Å². The SMILES string of the molecule is CCC(S)[Si]1(C[SiH]2CCCCO2)CCCC(C)(C)O1. The lowest BCUT2D eigenvalue weighted by molar-refractivity contribution is 0.0679. The van der Waals surface area contributed by atoms with Crippen LogP contribution in [0.4, 0.5) is 0 Å². The first-order chi connectivity index (χ1) is 8.97. The van der Waals surface area contributed by atoms with Crippen molar-refractivity contribution in [3.63, 3.8) is 0 Å². The van der Waals surface area contributed by atoms with E-state index in [9.17, 15) is 0 Å². The van der Waals surface area contributed by atoms with Crippen LogP contribution in [0.25, 0.3) is 0 Å². The highest BCUT2D eigenvalue weighted by Gasteiger charge is 2.49. The molecule has 0 radical (unpaired) electrons. The van der Waals surface area contributed by atoms with Crippen LogP contribution < -0.4 is 0 Å². The molecule has 0 aromatic carbocycles. The van der Waals surface area contributed by atoms with Gasteiger partial charge >= 0.3 is 0 Å². The van der Waals surface area contributed by atoms with Crippen LogP contribution in [0.1, 0.15) is 52.9 Å². The molecule has 112 valence electrons. The van der Waals surface area contributed by atoms with Crippen molar-refractivity contribution in [2.24, 2.45) is 0 Å². The molecule has 0 saturated carbocycles. The first-order valence-corrected chi connectivity index (χ1v) is 13.0. The first kappa shape index (κ1) is 16.1. The fourth-order valence-electron chi connectivity index (χ4n) is 3.71. The predicted molar refractivity (Wildman–Crippen MR) is 90.0 cm³/mol. The largest absolute Gasteiger partial charge is 0.420 e. The quantitative estimate of drug-likeness (QED) is 0.627. The van der Waals surface area contributed by atoms with Crippen LogP contribution in [0.2, 0.25) is 17.8 Å². The van der Waals surface area contributed by atoms with Crippen molar-refractivity contribution >= 4 is 30.0 Å². The van der Waals surface area contributed by atoms with E-state index in [2.05, 4.69) is 20.8 Å². The van der Waals surface area contributed by atoms with Crippen molar-refractivity contribution in [1.82, 2.24) is 0 Å². The molecule has 2 nitrogen and oxygen atoms in total. The lowest BCUT2D eigenvalue weighted by atomic mass is 10.0. The summed E-state index contributed by atoms with van der Waals surface area (Å²) in [6.07, 6.45) is 6.33. The zero-order chi connectivity index (χ0) is 13.9. The summed E-state index contributed by atoms with van der Waals surface area (Å²) in [4.78, 5) is 0.491. The minimum Gasteiger partial charge on any atom is -0.420 e. The van der Waals surface area contributed by atoms with E-state index in [0.29, 0.717) is 4.87 Å². The third-order valence-electron chi connectivity index (χ3n) is 4.70. The molecule has 0 N–H and O–H groups in total. The maximum absolute atomic E-state index is 6.73. The minimum absolute atomic E-state index is 0.0731. The highest BCUT2D eigenvalue weighted by Crippen LogP contribution is 2.41. The van der Waals surface area contributed by atoms with Gasteiger partial charge in [-0.1, -0.05) is 19.8 Å². The Morgan fingerprint density at radius 1 is 1.32 bits per heavy atom. The summed E-state index contributed by atoms with van der Waals surface area (Å²) in [6, 6.07) is 2.67. The van der Waals surface area contributed by atoms with Crippen LogP contribution in [0, 0.1) is 0 Å². The molecule has 2 rings (SSSR count). The molecule has 0 bridgehead atoms. The summed E-state index contributed by atoms with van der Waals surface area (Å²) >= 11 is 4.94. The van der Waals surface area contributed by atoms with Gasteiger partial charge in [-0.05, 0) is 50.9 Å². The zero-order valence-corrected chi connectivity index (χ0v) is 15.8. The number of rotatable bonds is 4. The molecule has 0 spiro atoms. The molecule has 2 aliphatic rings. The standard InChI is InChI=1S/C14H30O2SSi2/c1-4-13(17)19(11-7-8-14(2,3)16-19)12-18-10-6-5-9-15-18/h13,17-18H,4-12H2,1-3H3. The molecule has 2 fully saturated rings. The molecule has 3 unspecified atom stereocenters. The van der Waals surface area contributed by atoms with E-state index in [1.54, 1.807) is 0 Å². The fraction of sp³-hybridized carbons (Fsp3) is 1.00. The van der Waals surface area contributed by atoms with Gasteiger partial charge in [0.25, 0.3) is 0 Å². The predicted octanol–water partition coefficient (Wildman–Crippen LogP) is 3.84. The lowest BCUT2D eigenvalue weighted by Crippen LogP contribution is -2.58. The van der Waals surface area contributed by atoms with Gasteiger partial charge in [0.1, 0.15) is 0 Å². The molecule has 0 amide bonds. The van der Waals surface area contributed by atoms with E-state index in [1.807, 2.05) is 0 Å². The average Bonchev–Trinajstić information content (AvgIpc) is 2.37. The minimum atomic E-state index is -1.71. The summed E-state index contributed by atoms with van der Waals surface area (Å²) in [6.45, 7) is 7.81. The number of hydrogen-bond donors (Lipinski definition) is 1. The summed E-state index contributed by atoms with van der Waals surface area (Å²) in [5, 5.41) is 0. The van der Waals surface area contributed by atoms with Crippen LogP contribution in [-0.4, -0.2) is 34.4 Å². The molecular weight excluding hydrogens is 288 g/mol. The monoisotopic (exact) mass is 318 g/mol. The Balaban J connectivity index is 2.09. The molecule has 0 aromatic heterocycles. The molecule has 2 aliphatic heterocycles. The second-order valence-electron chi connectivity index (χ2n) is 6.90. The molecule has 2 heterocycles. The van der Waals surface area contributed by atoms with Gasteiger partial charge in [-0.25, -0.2) is 0 Å². The highest BCUT2D eigenvalue weighted by molar-refractivity contribution is 7.83. The molecule has 19 heavy (non-hydrogen) atoms. The molecular formula is C14H30O2SSi2. The van der Waals surface area contributed by atoms with Crippen LogP contribution in [-0.2, 0) is 8.85 Å². The Kier molecular flexibility index (Phi) is 5.62. The molecule has 3 atom stereocenters. The first-order valence-electron chi connectivity index (χ1n) is 7.97. The Morgan fingerprint density at radius 2 is 2.11 bits per heavy atom. The third kappa shape index (κ3) is 4.09. The molecule has 5 heteroatoms. The van der Waals surface area contributed by atoms with Gasteiger partial charge in [0.05, 0.1) is 5.60 Å². The van der Waals surface area contributed by atoms with Gasteiger partial charge in [-0.3, -0.25) is 0 Å². The van der Waals surface area contributed by atoms with Crippen LogP contribution >= 0.6 is 12.6 Å². The molecule has 0 aliphatic carbocycles. The summed E-state index contributed by atoms with van der Waals surface area (Å²) < 4.78 is 12.9. The van der Waals surface area contributed by atoms with E-state index in [0.717, 1.165) is 13.0 Å². The normalized spacial score (nSPS) is 36.9. The van der Waals surface area contributed by atoms with Crippen molar-refractivity contribution in [1.29, 1.82) is 0 Å². The summed E-state index contributed by atoms with van der Waals surface area (Å²) in [7, 11) is -2.71. The Bertz CT molecular complexity index is 295. The van der Waals surface area contributed by atoms with Crippen molar-refractivity contribution in [3.05, 3.63) is 0 Å². The number of hydrogen-bond acceptors (Lipinski definition) is 3. The fourth-order valence-corrected chi connectivity index (χ4v) is 16.5. The maximum Gasteiger partial charge on any atom is 0.205 e. The van der Waals surface area contributed by atoms with Crippen molar-refractivity contribution < 1.29 is 8.85 Å². The van der Waals surface area contributed by atoms with Crippen LogP contribution in [0.5, 0.6) is 0 Å². The van der Waals surface area contributed by atoms with Gasteiger partial charge in [0, 0.05) is 11.5 Å². The second kappa shape index (κ2) is 6.64. The van der Waals surface area contributed by atoms with Crippen molar-refractivity contribution in [2.75, 3.05) is 6.61 Å². The topological polar surface area (TPSA) is 18.5 Å². The lowest BCUT2D eigenvalue weighted by Gasteiger charge is -2.48. The zero-order valence-electron chi connectivity index (χ0n) is 12.8. The van der Waals surface area contributed by atoms with E-state index in [-0.39, 0.29) is 5.60 Å². The Hall–Kier alpha value is 0.704. The summed E-state index contributed by atoms with van der Waals surface area (Å²) in [5.41, 5.74) is 1.38. The van der Waals surface area contributed by atoms with E-state index in [1.165, 1.54) is 43.4 Å². The van der Waals surface area contributed by atoms with Crippen LogP contribution in [0.15, 0.2) is 0 Å². The van der Waals surface area contributed by atoms with E-state index < -0.39 is 17.4 Å². The van der Waals surface area contributed by atoms with E-state index >= 15 is 0 Å². The second-order valence-corrected chi connectivity index (χ2v) is 15.3. The maximum atomic E-state index is 6.73. The average molecular weight is 319 g/mol. The van der Waals surface area contributed by atoms with Crippen LogP contribution in [0.3, 0.4) is 0 Å². The van der Waals surface area contributed by atoms with Gasteiger partial charge in [0.15, 0.2) is 9.04 Å². The highest BCUT2D eigenvalue weighted by atomic mass is 32.1.